The van der Waals surface area contributed by atoms with Gasteiger partial charge < -0.3 is 9.47 Å². The molecular formula is C27H24ClNO5S. The number of nitrogens with zero attached hydrogens (tertiary/aromatic N) is 1. The number of halogens is 1. The van der Waals surface area contributed by atoms with Crippen molar-refractivity contribution in [1.29, 1.82) is 0 Å². The van der Waals surface area contributed by atoms with E-state index in [1.54, 1.807) is 18.2 Å². The minimum absolute atomic E-state index is 0.226. The number of hydrogen-bond acceptors (Lipinski definition) is 6. The largest absolute Gasteiger partial charge is 0.488 e. The maximum atomic E-state index is 13.0. The van der Waals surface area contributed by atoms with E-state index in [9.17, 15) is 14.4 Å². The van der Waals surface area contributed by atoms with Crippen LogP contribution in [0.4, 0.5) is 4.79 Å². The third-order valence-corrected chi connectivity index (χ3v) is 6.59. The molecule has 0 radical (unpaired) electrons. The number of benzene rings is 3. The molecule has 0 unspecified atom stereocenters. The summed E-state index contributed by atoms with van der Waals surface area (Å²) in [5.74, 6) is -0.549. The lowest BCUT2D eigenvalue weighted by Gasteiger charge is -2.13. The molecule has 3 aromatic carbocycles. The molecule has 4 rings (SSSR count). The van der Waals surface area contributed by atoms with Gasteiger partial charge >= 0.3 is 5.97 Å². The number of carbonyl (C=O) groups excluding carboxylic acids is 3. The Morgan fingerprint density at radius 1 is 1.06 bits per heavy atom. The molecule has 35 heavy (non-hydrogen) atoms. The predicted octanol–water partition coefficient (Wildman–Crippen LogP) is 6.45. The van der Waals surface area contributed by atoms with E-state index in [-0.39, 0.29) is 11.5 Å². The number of carbonyl (C=O) groups is 3. The molecule has 0 aromatic heterocycles. The molecule has 2 amide bonds. The molecule has 8 heteroatoms. The molecule has 1 aliphatic rings. The Morgan fingerprint density at radius 3 is 2.60 bits per heavy atom. The summed E-state index contributed by atoms with van der Waals surface area (Å²) in [5.41, 5.74) is 1.63. The zero-order valence-corrected chi connectivity index (χ0v) is 20.7. The van der Waals surface area contributed by atoms with E-state index >= 15 is 0 Å². The van der Waals surface area contributed by atoms with Crippen LogP contribution in [0.15, 0.2) is 65.6 Å². The summed E-state index contributed by atoms with van der Waals surface area (Å²) in [7, 11) is 0. The van der Waals surface area contributed by atoms with E-state index in [0.29, 0.717) is 22.9 Å². The van der Waals surface area contributed by atoms with Crippen LogP contribution >= 0.6 is 23.4 Å². The second-order valence-corrected chi connectivity index (χ2v) is 9.39. The van der Waals surface area contributed by atoms with Gasteiger partial charge in [-0.15, -0.1) is 0 Å². The summed E-state index contributed by atoms with van der Waals surface area (Å²) >= 11 is 6.77. The Bertz CT molecular complexity index is 1290. The van der Waals surface area contributed by atoms with Crippen molar-refractivity contribution in [3.05, 3.63) is 81.7 Å². The highest BCUT2D eigenvalue weighted by Crippen LogP contribution is 2.37. The van der Waals surface area contributed by atoms with Gasteiger partial charge in [0.15, 0.2) is 0 Å². The highest BCUT2D eigenvalue weighted by atomic mass is 35.5. The second kappa shape index (κ2) is 11.4. The van der Waals surface area contributed by atoms with Crippen molar-refractivity contribution in [2.75, 3.05) is 13.2 Å². The molecule has 0 atom stereocenters. The van der Waals surface area contributed by atoms with Gasteiger partial charge in [0.25, 0.3) is 11.1 Å². The lowest BCUT2D eigenvalue weighted by molar-refractivity contribution is -0.146. The van der Waals surface area contributed by atoms with Gasteiger partial charge in [-0.25, -0.2) is 0 Å². The van der Waals surface area contributed by atoms with Gasteiger partial charge in [-0.3, -0.25) is 19.3 Å². The molecule has 1 heterocycles. The molecule has 1 aliphatic heterocycles. The van der Waals surface area contributed by atoms with E-state index < -0.39 is 23.7 Å². The first-order valence-corrected chi connectivity index (χ1v) is 12.5. The number of hydrogen-bond donors (Lipinski definition) is 0. The van der Waals surface area contributed by atoms with Gasteiger partial charge in [-0.05, 0) is 58.8 Å². The number of thioether (sulfide) groups is 1. The van der Waals surface area contributed by atoms with E-state index in [2.05, 4.69) is 0 Å². The van der Waals surface area contributed by atoms with Gasteiger partial charge in [0.1, 0.15) is 18.9 Å². The molecule has 1 fully saturated rings. The van der Waals surface area contributed by atoms with Crippen LogP contribution in [0.3, 0.4) is 0 Å². The number of fused-ring (bicyclic) bond motifs is 1. The first-order chi connectivity index (χ1) is 17.0. The molecule has 3 aromatic rings. The molecule has 6 nitrogen and oxygen atoms in total. The van der Waals surface area contributed by atoms with Gasteiger partial charge in [0, 0.05) is 10.6 Å². The normalized spacial score (nSPS) is 14.7. The van der Waals surface area contributed by atoms with Crippen LogP contribution in [-0.2, 0) is 20.9 Å². The fourth-order valence-electron chi connectivity index (χ4n) is 3.56. The standard InChI is InChI=1S/C27H24ClNO5S/c1-2-3-14-33-25(30)16-29-26(31)24(35-27(29)32)15-22-21-7-5-4-6-19(21)10-13-23(22)34-17-18-8-11-20(28)12-9-18/h4-13,15H,2-3,14,16-17H2,1H3/b24-15+. The van der Waals surface area contributed by atoms with E-state index in [4.69, 9.17) is 21.1 Å². The topological polar surface area (TPSA) is 72.9 Å². The lowest BCUT2D eigenvalue weighted by atomic mass is 10.0. The smallest absolute Gasteiger partial charge is 0.326 e. The Labute approximate surface area is 212 Å². The maximum Gasteiger partial charge on any atom is 0.326 e. The molecule has 1 saturated heterocycles. The van der Waals surface area contributed by atoms with Crippen molar-refractivity contribution in [2.24, 2.45) is 0 Å². The quantitative estimate of drug-likeness (QED) is 0.187. The number of ether oxygens (including phenoxy) is 2. The molecule has 0 spiro atoms. The van der Waals surface area contributed by atoms with Crippen LogP contribution in [0.1, 0.15) is 30.9 Å². The first kappa shape index (κ1) is 24.8. The molecule has 0 N–H and O–H groups in total. The van der Waals surface area contributed by atoms with Crippen LogP contribution in [0.2, 0.25) is 5.02 Å². The molecule has 0 bridgehead atoms. The van der Waals surface area contributed by atoms with Crippen molar-refractivity contribution in [2.45, 2.75) is 26.4 Å². The summed E-state index contributed by atoms with van der Waals surface area (Å²) in [6.45, 7) is 2.16. The minimum Gasteiger partial charge on any atom is -0.488 e. The Kier molecular flexibility index (Phi) is 8.10. The minimum atomic E-state index is -0.598. The number of unbranched alkanes of at least 4 members (excludes halogenated alkanes) is 1. The van der Waals surface area contributed by atoms with Gasteiger partial charge in [0.2, 0.25) is 0 Å². The monoisotopic (exact) mass is 509 g/mol. The van der Waals surface area contributed by atoms with Crippen LogP contribution in [0.25, 0.3) is 16.8 Å². The van der Waals surface area contributed by atoms with Gasteiger partial charge in [-0.2, -0.15) is 0 Å². The maximum absolute atomic E-state index is 13.0. The summed E-state index contributed by atoms with van der Waals surface area (Å²) in [6, 6.07) is 18.9. The first-order valence-electron chi connectivity index (χ1n) is 11.3. The third kappa shape index (κ3) is 6.05. The van der Waals surface area contributed by atoms with Crippen LogP contribution in [0.5, 0.6) is 5.75 Å². The summed E-state index contributed by atoms with van der Waals surface area (Å²) in [6.07, 6.45) is 3.27. The van der Waals surface area contributed by atoms with Gasteiger partial charge in [-0.1, -0.05) is 67.4 Å². The molecular weight excluding hydrogens is 486 g/mol. The lowest BCUT2D eigenvalue weighted by Crippen LogP contribution is -2.34. The molecule has 0 aliphatic carbocycles. The Hall–Kier alpha value is -3.29. The second-order valence-electron chi connectivity index (χ2n) is 7.96. The average molecular weight is 510 g/mol. The average Bonchev–Trinajstić information content (AvgIpc) is 3.12. The highest BCUT2D eigenvalue weighted by Gasteiger charge is 2.37. The van der Waals surface area contributed by atoms with E-state index in [1.807, 2.05) is 55.5 Å². The van der Waals surface area contributed by atoms with Crippen LogP contribution < -0.4 is 4.74 Å². The van der Waals surface area contributed by atoms with Crippen LogP contribution in [0, 0.1) is 0 Å². The number of imide groups is 1. The molecule has 0 saturated carbocycles. The third-order valence-electron chi connectivity index (χ3n) is 5.44. The zero-order chi connectivity index (χ0) is 24.8. The predicted molar refractivity (Wildman–Crippen MR) is 138 cm³/mol. The number of esters is 1. The zero-order valence-electron chi connectivity index (χ0n) is 19.2. The fraction of sp³-hybridized carbons (Fsp3) is 0.222. The van der Waals surface area contributed by atoms with Crippen molar-refractivity contribution < 1.29 is 23.9 Å². The fourth-order valence-corrected chi connectivity index (χ4v) is 4.51. The van der Waals surface area contributed by atoms with Crippen molar-refractivity contribution >= 4 is 57.3 Å². The SMILES string of the molecule is CCCCOC(=O)CN1C(=O)S/C(=C/c2c(OCc3ccc(Cl)cc3)ccc3ccccc23)C1=O. The number of amides is 2. The Morgan fingerprint density at radius 2 is 1.83 bits per heavy atom. The summed E-state index contributed by atoms with van der Waals surface area (Å²) < 4.78 is 11.2. The van der Waals surface area contributed by atoms with E-state index in [0.717, 1.165) is 45.8 Å². The Balaban J connectivity index is 1.60. The van der Waals surface area contributed by atoms with Crippen molar-refractivity contribution in [3.63, 3.8) is 0 Å². The number of rotatable bonds is 9. The van der Waals surface area contributed by atoms with Gasteiger partial charge in [0.05, 0.1) is 11.5 Å². The summed E-state index contributed by atoms with van der Waals surface area (Å²) in [4.78, 5) is 38.7. The van der Waals surface area contributed by atoms with E-state index in [1.165, 1.54) is 0 Å². The summed E-state index contributed by atoms with van der Waals surface area (Å²) in [5, 5.41) is 1.99. The molecule has 180 valence electrons. The van der Waals surface area contributed by atoms with Crippen LogP contribution in [-0.4, -0.2) is 35.2 Å². The highest BCUT2D eigenvalue weighted by molar-refractivity contribution is 8.18. The van der Waals surface area contributed by atoms with Crippen molar-refractivity contribution in [3.8, 4) is 5.75 Å². The van der Waals surface area contributed by atoms with Crippen molar-refractivity contribution in [1.82, 2.24) is 4.90 Å².